The number of allylic oxidation sites excluding steroid dienone is 2. The van der Waals surface area contributed by atoms with Crippen molar-refractivity contribution in [3.63, 3.8) is 0 Å². The highest BCUT2D eigenvalue weighted by atomic mass is 79.9. The van der Waals surface area contributed by atoms with Crippen LogP contribution in [-0.4, -0.2) is 55.9 Å². The average molecular weight is 725 g/mol. The van der Waals surface area contributed by atoms with Gasteiger partial charge in [0.2, 0.25) is 11.8 Å². The number of phenols is 1. The molecule has 7 rings (SSSR count). The summed E-state index contributed by atoms with van der Waals surface area (Å²) in [6.07, 6.45) is 1.99. The maximum Gasteiger partial charge on any atom is 0.254 e. The Labute approximate surface area is 283 Å². The number of carbonyl (C=O) groups excluding carboxylic acids is 4. The van der Waals surface area contributed by atoms with Gasteiger partial charge in [-0.1, -0.05) is 51.8 Å². The number of para-hydroxylation sites is 1. The summed E-state index contributed by atoms with van der Waals surface area (Å²) in [5.74, 6) is -5.16. The number of benzene rings is 3. The van der Waals surface area contributed by atoms with E-state index in [4.69, 9.17) is 27.9 Å². The SMILES string of the molecule is COc1cc(C2C3=CCC4C(=O)N(c5ccc(Nc6ccccc6)cc5)C(=O)C4C3CC3(Cl)C(=O)N(CBr)C(=O)C23Cl)ccc1O. The number of methoxy groups -OCH3 is 1. The number of phenolic OH excluding ortho intramolecular Hbond substituents is 1. The standard InChI is InChI=1S/C34H28BrCl2N3O6/c1-46-26-15-18(7-14-25(26)41)28-22-12-13-23-27(24(22)16-33(36)31(44)39(17-35)32(45)34(28,33)37)30(43)40(29(23)42)21-10-8-20(9-11-21)38-19-5-3-2-4-6-19/h2-12,14-15,23-24,27-28,38,41H,13,16-17H2,1H3. The number of nitrogens with zero attached hydrogens (tertiary/aromatic N) is 2. The largest absolute Gasteiger partial charge is 0.504 e. The normalized spacial score (nSPS) is 30.1. The van der Waals surface area contributed by atoms with Crippen LogP contribution >= 0.6 is 39.1 Å². The summed E-state index contributed by atoms with van der Waals surface area (Å²) in [4.78, 5) is 54.3. The second-order valence-corrected chi connectivity index (χ2v) is 13.7. The minimum atomic E-state index is -1.94. The Morgan fingerprint density at radius 3 is 2.30 bits per heavy atom. The zero-order valence-corrected chi connectivity index (χ0v) is 27.6. The molecule has 4 aliphatic rings. The number of hydrogen-bond donors (Lipinski definition) is 2. The number of carbonyl (C=O) groups is 4. The Balaban J connectivity index is 1.28. The third-order valence-corrected chi connectivity index (χ3v) is 11.7. The molecule has 4 amide bonds. The molecule has 2 aliphatic heterocycles. The van der Waals surface area contributed by atoms with E-state index in [1.165, 1.54) is 18.1 Å². The number of halogens is 3. The molecule has 12 heteroatoms. The quantitative estimate of drug-likeness (QED) is 0.138. The maximum absolute atomic E-state index is 14.3. The van der Waals surface area contributed by atoms with Gasteiger partial charge in [-0.05, 0) is 72.9 Å². The number of ether oxygens (including phenoxy) is 1. The van der Waals surface area contributed by atoms with Crippen LogP contribution in [0.25, 0.3) is 0 Å². The zero-order chi connectivity index (χ0) is 32.5. The molecular weight excluding hydrogens is 697 g/mol. The van der Waals surface area contributed by atoms with Gasteiger partial charge in [-0.2, -0.15) is 0 Å². The molecule has 0 bridgehead atoms. The highest BCUT2D eigenvalue weighted by Crippen LogP contribution is 2.65. The first-order valence-electron chi connectivity index (χ1n) is 14.7. The van der Waals surface area contributed by atoms with Crippen LogP contribution in [0.2, 0.25) is 0 Å². The molecule has 3 aromatic rings. The highest BCUT2D eigenvalue weighted by Gasteiger charge is 2.76. The third kappa shape index (κ3) is 4.26. The number of fused-ring (bicyclic) bond motifs is 4. The molecule has 0 aromatic heterocycles. The number of hydrogen-bond acceptors (Lipinski definition) is 7. The van der Waals surface area contributed by atoms with Crippen LogP contribution in [0, 0.1) is 17.8 Å². The first kappa shape index (κ1) is 30.8. The molecule has 6 atom stereocenters. The number of rotatable bonds is 6. The molecule has 2 aliphatic carbocycles. The first-order valence-corrected chi connectivity index (χ1v) is 16.6. The van der Waals surface area contributed by atoms with Crippen LogP contribution in [0.1, 0.15) is 24.3 Å². The van der Waals surface area contributed by atoms with Crippen molar-refractivity contribution in [2.45, 2.75) is 28.5 Å². The number of anilines is 3. The van der Waals surface area contributed by atoms with Gasteiger partial charge in [0.15, 0.2) is 21.2 Å². The molecule has 6 unspecified atom stereocenters. The van der Waals surface area contributed by atoms with Crippen molar-refractivity contribution in [3.05, 3.63) is 90.0 Å². The molecule has 236 valence electrons. The number of amides is 4. The predicted octanol–water partition coefficient (Wildman–Crippen LogP) is 6.06. The Morgan fingerprint density at radius 2 is 1.63 bits per heavy atom. The van der Waals surface area contributed by atoms with Crippen molar-refractivity contribution in [1.82, 2.24) is 4.90 Å². The summed E-state index contributed by atoms with van der Waals surface area (Å²) in [6, 6.07) is 21.3. The maximum atomic E-state index is 14.3. The molecule has 3 aromatic carbocycles. The molecule has 2 saturated heterocycles. The summed E-state index contributed by atoms with van der Waals surface area (Å²) in [5.41, 5.74) is 3.15. The fraction of sp³-hybridized carbons (Fsp3) is 0.294. The fourth-order valence-corrected chi connectivity index (χ4v) is 9.06. The van der Waals surface area contributed by atoms with Crippen molar-refractivity contribution in [2.24, 2.45) is 17.8 Å². The van der Waals surface area contributed by atoms with E-state index in [0.29, 0.717) is 16.8 Å². The number of alkyl halides is 3. The molecule has 2 N–H and O–H groups in total. The van der Waals surface area contributed by atoms with E-state index in [0.717, 1.165) is 16.3 Å². The highest BCUT2D eigenvalue weighted by molar-refractivity contribution is 9.09. The van der Waals surface area contributed by atoms with Crippen LogP contribution in [0.3, 0.4) is 0 Å². The van der Waals surface area contributed by atoms with Gasteiger partial charge in [0.1, 0.15) is 0 Å². The van der Waals surface area contributed by atoms with Gasteiger partial charge in [0.05, 0.1) is 30.1 Å². The van der Waals surface area contributed by atoms with Crippen molar-refractivity contribution in [2.75, 3.05) is 22.8 Å². The Morgan fingerprint density at radius 1 is 0.935 bits per heavy atom. The summed E-state index contributed by atoms with van der Waals surface area (Å²) in [6.45, 7) is 0. The second-order valence-electron chi connectivity index (χ2n) is 12.0. The van der Waals surface area contributed by atoms with Crippen molar-refractivity contribution >= 4 is 79.8 Å². The van der Waals surface area contributed by atoms with E-state index in [-0.39, 0.29) is 35.7 Å². The number of nitrogens with one attached hydrogen (secondary N) is 1. The Kier molecular flexibility index (Phi) is 7.45. The van der Waals surface area contributed by atoms with Crippen LogP contribution in [0.15, 0.2) is 84.4 Å². The lowest BCUT2D eigenvalue weighted by atomic mass is 9.56. The second kappa shape index (κ2) is 11.1. The minimum Gasteiger partial charge on any atom is -0.504 e. The van der Waals surface area contributed by atoms with Gasteiger partial charge in [0, 0.05) is 17.3 Å². The van der Waals surface area contributed by atoms with Crippen molar-refractivity contribution < 1.29 is 29.0 Å². The molecule has 2 heterocycles. The van der Waals surface area contributed by atoms with Gasteiger partial charge >= 0.3 is 0 Å². The van der Waals surface area contributed by atoms with Crippen LogP contribution in [-0.2, 0) is 19.2 Å². The van der Waals surface area contributed by atoms with E-state index >= 15 is 0 Å². The molecule has 9 nitrogen and oxygen atoms in total. The van der Waals surface area contributed by atoms with Crippen LogP contribution in [0.4, 0.5) is 17.1 Å². The van der Waals surface area contributed by atoms with Gasteiger partial charge in [-0.15, -0.1) is 23.2 Å². The van der Waals surface area contributed by atoms with Crippen molar-refractivity contribution in [1.29, 1.82) is 0 Å². The monoisotopic (exact) mass is 723 g/mol. The topological polar surface area (TPSA) is 116 Å². The van der Waals surface area contributed by atoms with Gasteiger partial charge in [-0.3, -0.25) is 29.0 Å². The molecule has 1 saturated carbocycles. The Bertz CT molecular complexity index is 1820. The van der Waals surface area contributed by atoms with Gasteiger partial charge in [0.25, 0.3) is 11.8 Å². The van der Waals surface area contributed by atoms with E-state index < -0.39 is 51.1 Å². The lowest BCUT2D eigenvalue weighted by Crippen LogP contribution is -2.60. The smallest absolute Gasteiger partial charge is 0.254 e. The minimum absolute atomic E-state index is 0.113. The summed E-state index contributed by atoms with van der Waals surface area (Å²) in [7, 11) is 1.40. The molecule has 0 radical (unpaired) electrons. The number of imide groups is 2. The van der Waals surface area contributed by atoms with E-state index in [2.05, 4.69) is 21.2 Å². The van der Waals surface area contributed by atoms with Gasteiger partial charge in [-0.25, -0.2) is 0 Å². The van der Waals surface area contributed by atoms with Crippen LogP contribution < -0.4 is 15.0 Å². The lowest BCUT2D eigenvalue weighted by Gasteiger charge is -2.50. The van der Waals surface area contributed by atoms with Gasteiger partial charge < -0.3 is 15.2 Å². The molecule has 3 fully saturated rings. The number of likely N-dealkylation sites (tertiary alicyclic amines) is 1. The summed E-state index contributed by atoms with van der Waals surface area (Å²) in [5, 5.41) is 13.6. The molecule has 46 heavy (non-hydrogen) atoms. The number of aromatic hydroxyl groups is 1. The molecule has 0 spiro atoms. The van der Waals surface area contributed by atoms with E-state index in [1.54, 1.807) is 36.4 Å². The average Bonchev–Trinajstić information content (AvgIpc) is 3.39. The van der Waals surface area contributed by atoms with E-state index in [9.17, 15) is 24.3 Å². The third-order valence-electron chi connectivity index (χ3n) is 9.74. The summed E-state index contributed by atoms with van der Waals surface area (Å²) < 4.78 is 5.35. The fourth-order valence-electron chi connectivity index (χ4n) is 7.64. The Hall–Kier alpha value is -3.86. The summed E-state index contributed by atoms with van der Waals surface area (Å²) >= 11 is 17.8. The van der Waals surface area contributed by atoms with E-state index in [1.807, 2.05) is 36.4 Å². The lowest BCUT2D eigenvalue weighted by molar-refractivity contribution is -0.138. The van der Waals surface area contributed by atoms with Crippen molar-refractivity contribution in [3.8, 4) is 11.5 Å². The zero-order valence-electron chi connectivity index (χ0n) is 24.5. The predicted molar refractivity (Wildman–Crippen MR) is 177 cm³/mol. The van der Waals surface area contributed by atoms with Crippen LogP contribution in [0.5, 0.6) is 11.5 Å². The first-order chi connectivity index (χ1) is 22.0. The molecular formula is C34H28BrCl2N3O6.